The van der Waals surface area contributed by atoms with E-state index in [2.05, 4.69) is 13.8 Å². The number of cyclic esters (lactones) is 1. The van der Waals surface area contributed by atoms with Crippen LogP contribution in [0.15, 0.2) is 35.2 Å². The Kier molecular flexibility index (Phi) is 4.90. The first-order chi connectivity index (χ1) is 16.3. The largest absolute Gasteiger partial charge is 0.472 e. The van der Waals surface area contributed by atoms with Gasteiger partial charge in [-0.25, -0.2) is 9.59 Å². The topological polar surface area (TPSA) is 112 Å². The van der Waals surface area contributed by atoms with Crippen molar-refractivity contribution < 1.29 is 37.8 Å². The Bertz CT molecular complexity index is 1140. The van der Waals surface area contributed by atoms with Crippen molar-refractivity contribution in [3.8, 4) is 0 Å². The minimum atomic E-state index is -1.31. The van der Waals surface area contributed by atoms with Gasteiger partial charge in [-0.1, -0.05) is 19.9 Å². The Morgan fingerprint density at radius 2 is 1.80 bits per heavy atom. The van der Waals surface area contributed by atoms with E-state index in [-0.39, 0.29) is 23.9 Å². The minimum Gasteiger partial charge on any atom is -0.472 e. The highest BCUT2D eigenvalue weighted by atomic mass is 16.7. The maximum absolute atomic E-state index is 14.3. The molecule has 1 saturated heterocycles. The molecule has 8 nitrogen and oxygen atoms in total. The second kappa shape index (κ2) is 7.15. The Morgan fingerprint density at radius 1 is 1.09 bits per heavy atom. The second-order valence-corrected chi connectivity index (χ2v) is 11.6. The normalized spacial score (nSPS) is 40.8. The molecular formula is C27H32O8. The average Bonchev–Trinajstić information content (AvgIpc) is 3.27. The highest BCUT2D eigenvalue weighted by Gasteiger charge is 2.84. The van der Waals surface area contributed by atoms with Gasteiger partial charge in [0.2, 0.25) is 0 Å². The van der Waals surface area contributed by atoms with Gasteiger partial charge in [-0.3, -0.25) is 9.59 Å². The number of ether oxygens (including phenoxy) is 3. The van der Waals surface area contributed by atoms with Crippen LogP contribution in [0.4, 0.5) is 0 Å². The van der Waals surface area contributed by atoms with Crippen LogP contribution in [0.3, 0.4) is 0 Å². The van der Waals surface area contributed by atoms with Crippen molar-refractivity contribution >= 4 is 23.5 Å². The molecule has 6 atom stereocenters. The molecule has 1 aromatic heterocycles. The van der Waals surface area contributed by atoms with E-state index < -0.39 is 51.4 Å². The lowest BCUT2D eigenvalue weighted by molar-refractivity contribution is -0.217. The van der Waals surface area contributed by atoms with Crippen LogP contribution >= 0.6 is 0 Å². The first-order valence-corrected chi connectivity index (χ1v) is 12.1. The zero-order chi connectivity index (χ0) is 25.6. The van der Waals surface area contributed by atoms with Gasteiger partial charge in [0, 0.05) is 17.9 Å². The summed E-state index contributed by atoms with van der Waals surface area (Å²) in [6, 6.07) is 1.59. The van der Waals surface area contributed by atoms with E-state index in [0.717, 1.165) is 0 Å². The molecular weight excluding hydrogens is 452 g/mol. The van der Waals surface area contributed by atoms with E-state index in [1.807, 2.05) is 26.8 Å². The number of furan rings is 1. The molecule has 6 unspecified atom stereocenters. The number of fused-ring (bicyclic) bond motifs is 2. The van der Waals surface area contributed by atoms with Crippen molar-refractivity contribution in [1.29, 1.82) is 0 Å². The summed E-state index contributed by atoms with van der Waals surface area (Å²) >= 11 is 0. The van der Waals surface area contributed by atoms with Gasteiger partial charge in [-0.05, 0) is 51.0 Å². The molecule has 35 heavy (non-hydrogen) atoms. The van der Waals surface area contributed by atoms with Gasteiger partial charge in [0.05, 0.1) is 30.3 Å². The molecule has 1 aromatic rings. The Labute approximate surface area is 204 Å². The monoisotopic (exact) mass is 484 g/mol. The number of esters is 2. The fourth-order valence-electron chi connectivity index (χ4n) is 8.07. The molecule has 0 amide bonds. The lowest BCUT2D eigenvalue weighted by Gasteiger charge is -2.66. The average molecular weight is 485 g/mol. The SMILES string of the molecule is COC(=O)C1OC12C(C(=O)c1ccoc1)CCC1C(C)(C)C3(C=CC(=O)OC3(C)C)CC(=O)C12C. The van der Waals surface area contributed by atoms with E-state index >= 15 is 0 Å². The van der Waals surface area contributed by atoms with Crippen LogP contribution in [-0.4, -0.2) is 47.9 Å². The third kappa shape index (κ3) is 2.72. The fourth-order valence-corrected chi connectivity index (χ4v) is 8.07. The number of carbonyl (C=O) groups is 4. The molecule has 2 saturated carbocycles. The summed E-state index contributed by atoms with van der Waals surface area (Å²) in [5, 5.41) is 0. The maximum atomic E-state index is 14.3. The molecule has 2 aliphatic heterocycles. The third-order valence-corrected chi connectivity index (χ3v) is 9.93. The molecule has 0 N–H and O–H groups in total. The number of hydrogen-bond donors (Lipinski definition) is 0. The Hall–Kier alpha value is -2.74. The molecule has 0 radical (unpaired) electrons. The van der Waals surface area contributed by atoms with Crippen LogP contribution in [0.2, 0.25) is 0 Å². The van der Waals surface area contributed by atoms with Crippen LogP contribution in [-0.2, 0) is 28.6 Å². The first kappa shape index (κ1) is 24.0. The van der Waals surface area contributed by atoms with Gasteiger partial charge in [0.1, 0.15) is 23.2 Å². The number of carbonyl (C=O) groups excluding carboxylic acids is 4. The smallest absolute Gasteiger partial charge is 0.338 e. The number of epoxide rings is 1. The zero-order valence-electron chi connectivity index (χ0n) is 21.0. The van der Waals surface area contributed by atoms with Crippen LogP contribution in [0.1, 0.15) is 64.2 Å². The molecule has 8 heteroatoms. The van der Waals surface area contributed by atoms with E-state index in [0.29, 0.717) is 18.4 Å². The zero-order valence-corrected chi connectivity index (χ0v) is 21.0. The predicted molar refractivity (Wildman–Crippen MR) is 122 cm³/mol. The van der Waals surface area contributed by atoms with Crippen molar-refractivity contribution in [3.63, 3.8) is 0 Å². The molecule has 3 fully saturated rings. The van der Waals surface area contributed by atoms with Crippen molar-refractivity contribution in [3.05, 3.63) is 36.3 Å². The highest BCUT2D eigenvalue weighted by molar-refractivity contribution is 6.02. The molecule has 3 heterocycles. The van der Waals surface area contributed by atoms with Gasteiger partial charge < -0.3 is 18.6 Å². The number of hydrogen-bond acceptors (Lipinski definition) is 8. The van der Waals surface area contributed by atoms with Crippen LogP contribution in [0.25, 0.3) is 0 Å². The molecule has 188 valence electrons. The van der Waals surface area contributed by atoms with Gasteiger partial charge in [0.25, 0.3) is 0 Å². The van der Waals surface area contributed by atoms with Crippen molar-refractivity contribution in [1.82, 2.24) is 0 Å². The fraction of sp³-hybridized carbons (Fsp3) is 0.630. The second-order valence-electron chi connectivity index (χ2n) is 11.6. The summed E-state index contributed by atoms with van der Waals surface area (Å²) in [4.78, 5) is 52.8. The summed E-state index contributed by atoms with van der Waals surface area (Å²) in [5.74, 6) is -2.28. The van der Waals surface area contributed by atoms with E-state index in [4.69, 9.17) is 18.6 Å². The van der Waals surface area contributed by atoms with E-state index in [1.165, 1.54) is 25.7 Å². The lowest BCUT2D eigenvalue weighted by Crippen LogP contribution is -2.71. The standard InChI is InChI=1S/C27H32O8/c1-23(2)17-8-7-16(20(30)15-10-12-33-14-15)27(21(35-27)22(31)32-6)25(17,5)18(28)13-26(23)11-9-19(29)34-24(26,3)4/h9-12,14,16-17,21H,7-8,13H2,1-6H3. The number of rotatable bonds is 3. The van der Waals surface area contributed by atoms with Crippen molar-refractivity contribution in [2.75, 3.05) is 7.11 Å². The van der Waals surface area contributed by atoms with Crippen LogP contribution in [0.5, 0.6) is 0 Å². The molecule has 5 rings (SSSR count). The van der Waals surface area contributed by atoms with E-state index in [1.54, 1.807) is 6.07 Å². The summed E-state index contributed by atoms with van der Waals surface area (Å²) in [7, 11) is 1.28. The summed E-state index contributed by atoms with van der Waals surface area (Å²) in [5.41, 5.74) is -4.28. The summed E-state index contributed by atoms with van der Waals surface area (Å²) in [6.45, 7) is 9.73. The van der Waals surface area contributed by atoms with E-state index in [9.17, 15) is 19.2 Å². The molecule has 0 bridgehead atoms. The third-order valence-electron chi connectivity index (χ3n) is 9.93. The Balaban J connectivity index is 1.66. The molecule has 4 aliphatic rings. The maximum Gasteiger partial charge on any atom is 0.338 e. The first-order valence-electron chi connectivity index (χ1n) is 12.1. The summed E-state index contributed by atoms with van der Waals surface area (Å²) in [6.07, 6.45) is 6.16. The molecule has 2 aliphatic carbocycles. The van der Waals surface area contributed by atoms with Gasteiger partial charge in [-0.2, -0.15) is 0 Å². The minimum absolute atomic E-state index is 0.0927. The molecule has 0 aromatic carbocycles. The predicted octanol–water partition coefficient (Wildman–Crippen LogP) is 3.68. The molecule has 2 spiro atoms. The number of methoxy groups -OCH3 is 1. The lowest BCUT2D eigenvalue weighted by atomic mass is 9.36. The van der Waals surface area contributed by atoms with Gasteiger partial charge >= 0.3 is 11.9 Å². The Morgan fingerprint density at radius 3 is 2.40 bits per heavy atom. The van der Waals surface area contributed by atoms with Gasteiger partial charge in [0.15, 0.2) is 11.9 Å². The van der Waals surface area contributed by atoms with Crippen LogP contribution < -0.4 is 0 Å². The van der Waals surface area contributed by atoms with Crippen LogP contribution in [0, 0.1) is 28.1 Å². The summed E-state index contributed by atoms with van der Waals surface area (Å²) < 4.78 is 22.1. The number of ketones is 2. The van der Waals surface area contributed by atoms with Crippen molar-refractivity contribution in [2.45, 2.75) is 71.2 Å². The van der Waals surface area contributed by atoms with Gasteiger partial charge in [-0.15, -0.1) is 0 Å². The highest BCUT2D eigenvalue weighted by Crippen LogP contribution is 2.74. The quantitative estimate of drug-likeness (QED) is 0.363. The number of Topliss-reactive ketones (excluding diaryl/α,β-unsaturated/α-hetero) is 2. The van der Waals surface area contributed by atoms with Crippen molar-refractivity contribution in [2.24, 2.45) is 28.1 Å².